The summed E-state index contributed by atoms with van der Waals surface area (Å²) in [6.45, 7) is 4.95. The second-order valence-corrected chi connectivity index (χ2v) is 14.1. The Balaban J connectivity index is 1.20. The van der Waals surface area contributed by atoms with Crippen LogP contribution in [0.25, 0.3) is 11.6 Å². The molecular weight excluding hydrogens is 619 g/mol. The number of anilines is 1. The third-order valence-electron chi connectivity index (χ3n) is 8.69. The van der Waals surface area contributed by atoms with E-state index in [1.807, 2.05) is 18.7 Å². The number of carbonyl (C=O) groups is 3. The first-order valence-corrected chi connectivity index (χ1v) is 16.9. The van der Waals surface area contributed by atoms with Crippen molar-refractivity contribution in [1.29, 1.82) is 0 Å². The van der Waals surface area contributed by atoms with E-state index in [2.05, 4.69) is 15.6 Å². The Bertz CT molecular complexity index is 1710. The molecule has 3 aliphatic rings. The second kappa shape index (κ2) is 12.5. The van der Waals surface area contributed by atoms with Crippen LogP contribution >= 0.6 is 23.2 Å². The highest BCUT2D eigenvalue weighted by Gasteiger charge is 2.32. The molecule has 2 aliphatic heterocycles. The van der Waals surface area contributed by atoms with E-state index in [0.29, 0.717) is 56.5 Å². The summed E-state index contributed by atoms with van der Waals surface area (Å²) in [6.07, 6.45) is 5.69. The average Bonchev–Trinajstić information content (AvgIpc) is 3.72. The molecule has 2 aromatic carbocycles. The van der Waals surface area contributed by atoms with Gasteiger partial charge in [-0.05, 0) is 87.1 Å². The number of aryl methyl sites for hydroxylation is 1. The molecule has 1 aromatic heterocycles. The lowest BCUT2D eigenvalue weighted by Crippen LogP contribution is -2.46. The maximum atomic E-state index is 13.4. The summed E-state index contributed by atoms with van der Waals surface area (Å²) >= 11 is 12.6. The van der Waals surface area contributed by atoms with Crippen LogP contribution < -0.4 is 10.6 Å². The maximum absolute atomic E-state index is 13.4. The molecule has 0 bridgehead atoms. The number of piperidine rings is 1. The van der Waals surface area contributed by atoms with Crippen LogP contribution in [-0.2, 0) is 37.4 Å². The molecule has 3 N–H and O–H groups in total. The van der Waals surface area contributed by atoms with E-state index < -0.39 is 10.8 Å². The molecule has 1 saturated carbocycles. The van der Waals surface area contributed by atoms with Crippen LogP contribution in [0.5, 0.6) is 0 Å². The van der Waals surface area contributed by atoms with Gasteiger partial charge in [0.15, 0.2) is 0 Å². The van der Waals surface area contributed by atoms with Crippen molar-refractivity contribution >= 4 is 69.1 Å². The number of rotatable bonds is 8. The first kappa shape index (κ1) is 30.6. The Morgan fingerprint density at radius 3 is 2.57 bits per heavy atom. The number of hydrogen-bond acceptors (Lipinski definition) is 4. The molecule has 2 fully saturated rings. The van der Waals surface area contributed by atoms with Gasteiger partial charge in [-0.25, -0.2) is 0 Å². The molecule has 8 nitrogen and oxygen atoms in total. The number of hydrogen-bond donors (Lipinski definition) is 3. The molecule has 11 heteroatoms. The lowest BCUT2D eigenvalue weighted by Gasteiger charge is -2.32. The predicted octanol–water partition coefficient (Wildman–Crippen LogP) is 5.80. The lowest BCUT2D eigenvalue weighted by atomic mass is 9.96. The smallest absolute Gasteiger partial charge is 0.256 e. The molecule has 0 spiro atoms. The summed E-state index contributed by atoms with van der Waals surface area (Å²) in [5.41, 5.74) is 5.71. The van der Waals surface area contributed by atoms with Crippen molar-refractivity contribution in [2.24, 2.45) is 5.92 Å². The number of fused-ring (bicyclic) bond motifs is 1. The number of aromatic nitrogens is 1. The third kappa shape index (κ3) is 6.36. The molecule has 3 heterocycles. The van der Waals surface area contributed by atoms with Gasteiger partial charge >= 0.3 is 0 Å². The van der Waals surface area contributed by atoms with E-state index >= 15 is 0 Å². The summed E-state index contributed by atoms with van der Waals surface area (Å²) in [5.74, 6) is -0.225. The van der Waals surface area contributed by atoms with E-state index in [0.717, 1.165) is 48.2 Å². The normalized spacial score (nSPS) is 19.5. The van der Waals surface area contributed by atoms with Gasteiger partial charge in [-0.3, -0.25) is 18.6 Å². The molecule has 3 aromatic rings. The van der Waals surface area contributed by atoms with E-state index in [4.69, 9.17) is 23.2 Å². The average molecular weight is 654 g/mol. The Labute approximate surface area is 269 Å². The molecule has 1 unspecified atom stereocenters. The second-order valence-electron chi connectivity index (χ2n) is 11.8. The van der Waals surface area contributed by atoms with Crippen molar-refractivity contribution in [3.05, 3.63) is 80.1 Å². The Kier molecular flexibility index (Phi) is 8.72. The zero-order valence-electron chi connectivity index (χ0n) is 24.6. The summed E-state index contributed by atoms with van der Waals surface area (Å²) in [6, 6.07) is 10.7. The molecule has 1 saturated heterocycles. The number of carbonyl (C=O) groups excluding carboxylic acids is 3. The SMILES string of the molecule is Cc1[nH]c(C=C2C(=O)Nc3ccc(S(=O)Cc4c(Cl)cccc4Cl)cc32)c(C)c1CC(=O)N1CCC[C@@H](C(=O)NC2CC2)C1. The van der Waals surface area contributed by atoms with Gasteiger partial charge in [-0.15, -0.1) is 0 Å². The molecule has 230 valence electrons. The number of nitrogens with zero attached hydrogens (tertiary/aromatic N) is 1. The van der Waals surface area contributed by atoms with Crippen molar-refractivity contribution in [3.63, 3.8) is 0 Å². The van der Waals surface area contributed by atoms with Crippen molar-refractivity contribution in [3.8, 4) is 0 Å². The van der Waals surface area contributed by atoms with Crippen molar-refractivity contribution < 1.29 is 18.6 Å². The van der Waals surface area contributed by atoms with Crippen molar-refractivity contribution in [1.82, 2.24) is 15.2 Å². The molecule has 6 rings (SSSR count). The molecule has 1 aliphatic carbocycles. The van der Waals surface area contributed by atoms with Crippen molar-refractivity contribution in [2.45, 2.75) is 62.6 Å². The van der Waals surface area contributed by atoms with Gasteiger partial charge in [-0.2, -0.15) is 0 Å². The van der Waals surface area contributed by atoms with Gasteiger partial charge in [0, 0.05) is 62.3 Å². The zero-order valence-corrected chi connectivity index (χ0v) is 26.9. The molecule has 3 amide bonds. The summed E-state index contributed by atoms with van der Waals surface area (Å²) in [4.78, 5) is 44.7. The largest absolute Gasteiger partial charge is 0.359 e. The van der Waals surface area contributed by atoms with Crippen LogP contribution in [0.1, 0.15) is 59.3 Å². The van der Waals surface area contributed by atoms with Gasteiger partial charge in [-0.1, -0.05) is 29.3 Å². The number of benzene rings is 2. The highest BCUT2D eigenvalue weighted by Crippen LogP contribution is 2.36. The van der Waals surface area contributed by atoms with Crippen LogP contribution in [0.3, 0.4) is 0 Å². The van der Waals surface area contributed by atoms with Gasteiger partial charge in [0.1, 0.15) is 0 Å². The fourth-order valence-corrected chi connectivity index (χ4v) is 7.83. The molecular formula is C33H34Cl2N4O4S. The summed E-state index contributed by atoms with van der Waals surface area (Å²) < 4.78 is 13.3. The van der Waals surface area contributed by atoms with Gasteiger partial charge in [0.25, 0.3) is 5.91 Å². The van der Waals surface area contributed by atoms with Crippen molar-refractivity contribution in [2.75, 3.05) is 18.4 Å². The Morgan fingerprint density at radius 1 is 1.09 bits per heavy atom. The minimum Gasteiger partial charge on any atom is -0.359 e. The fraction of sp³-hybridized carbons (Fsp3) is 0.364. The first-order valence-electron chi connectivity index (χ1n) is 14.8. The van der Waals surface area contributed by atoms with Crippen LogP contribution in [0.2, 0.25) is 10.0 Å². The number of amides is 3. The van der Waals surface area contributed by atoms with Gasteiger partial charge in [0.05, 0.1) is 34.5 Å². The van der Waals surface area contributed by atoms with Gasteiger partial charge < -0.3 is 20.5 Å². The monoisotopic (exact) mass is 652 g/mol. The highest BCUT2D eigenvalue weighted by molar-refractivity contribution is 7.84. The number of halogens is 2. The molecule has 2 atom stereocenters. The topological polar surface area (TPSA) is 111 Å². The summed E-state index contributed by atoms with van der Waals surface area (Å²) in [5, 5.41) is 6.87. The number of likely N-dealkylation sites (tertiary alicyclic amines) is 1. The minimum absolute atomic E-state index is 0.00646. The predicted molar refractivity (Wildman–Crippen MR) is 174 cm³/mol. The van der Waals surface area contributed by atoms with Gasteiger partial charge in [0.2, 0.25) is 11.8 Å². The van der Waals surface area contributed by atoms with Crippen LogP contribution in [0.15, 0.2) is 41.3 Å². The van der Waals surface area contributed by atoms with Crippen LogP contribution in [0, 0.1) is 19.8 Å². The minimum atomic E-state index is -1.45. The fourth-order valence-electron chi connectivity index (χ4n) is 5.93. The number of H-pyrrole nitrogens is 1. The first-order chi connectivity index (χ1) is 21.1. The quantitative estimate of drug-likeness (QED) is 0.267. The Morgan fingerprint density at radius 2 is 1.84 bits per heavy atom. The van der Waals surface area contributed by atoms with E-state index in [9.17, 15) is 18.6 Å². The number of nitrogens with one attached hydrogen (secondary N) is 3. The maximum Gasteiger partial charge on any atom is 0.256 e. The number of aromatic amines is 1. The molecule has 44 heavy (non-hydrogen) atoms. The zero-order chi connectivity index (χ0) is 31.1. The van der Waals surface area contributed by atoms with E-state index in [1.54, 1.807) is 42.5 Å². The van der Waals surface area contributed by atoms with E-state index in [-0.39, 0.29) is 35.8 Å². The molecule has 0 radical (unpaired) electrons. The third-order valence-corrected chi connectivity index (χ3v) is 10.7. The van der Waals surface area contributed by atoms with Crippen LogP contribution in [-0.4, -0.2) is 50.9 Å². The Hall–Kier alpha value is -3.40. The van der Waals surface area contributed by atoms with E-state index in [1.165, 1.54) is 0 Å². The lowest BCUT2D eigenvalue weighted by molar-refractivity contribution is -0.135. The standard InChI is InChI=1S/C33H34Cl2N4O4S/c1-18-23(15-31(40)39-12-4-5-20(16-39)32(41)37-21-8-9-21)19(2)36-30(18)14-25-24-13-22(10-11-29(24)38-33(25)42)44(43)17-26-27(34)6-3-7-28(26)35/h3,6-7,10-11,13-14,20-21,36H,4-5,8-9,12,15-17H2,1-2H3,(H,37,41)(H,38,42)/t20-,44?/m1/s1. The highest BCUT2D eigenvalue weighted by atomic mass is 35.5. The van der Waals surface area contributed by atoms with Crippen LogP contribution in [0.4, 0.5) is 5.69 Å². The summed E-state index contributed by atoms with van der Waals surface area (Å²) in [7, 11) is -1.45.